The van der Waals surface area contributed by atoms with Crippen molar-refractivity contribution in [2.24, 2.45) is 0 Å². The largest absolute Gasteiger partial charge is 0.355 e. The standard InChI is InChI=1S/C15H13ClN4O3/c1-20(9-21)7-6-14-17-15(23-19-14)12-8-13(22-18-12)10-2-4-11(16)5-3-10/h2-5,8-9H,6-7H2,1H3. The first kappa shape index (κ1) is 15.2. The first-order valence-electron chi connectivity index (χ1n) is 6.87. The zero-order valence-corrected chi connectivity index (χ0v) is 13.0. The molecule has 0 aliphatic carbocycles. The van der Waals surface area contributed by atoms with Gasteiger partial charge in [0.25, 0.3) is 5.89 Å². The van der Waals surface area contributed by atoms with Gasteiger partial charge in [-0.3, -0.25) is 4.79 Å². The maximum Gasteiger partial charge on any atom is 0.280 e. The molecular weight excluding hydrogens is 320 g/mol. The van der Waals surface area contributed by atoms with Gasteiger partial charge in [0.1, 0.15) is 0 Å². The molecule has 0 bridgehead atoms. The molecule has 0 radical (unpaired) electrons. The molecule has 3 rings (SSSR count). The highest BCUT2D eigenvalue weighted by molar-refractivity contribution is 6.30. The molecule has 3 aromatic rings. The molecule has 0 aliphatic rings. The topological polar surface area (TPSA) is 85.3 Å². The first-order chi connectivity index (χ1) is 11.2. The molecule has 8 heteroatoms. The molecule has 0 unspecified atom stereocenters. The van der Waals surface area contributed by atoms with E-state index in [4.69, 9.17) is 20.6 Å². The Kier molecular flexibility index (Phi) is 4.38. The van der Waals surface area contributed by atoms with Crippen molar-refractivity contribution in [2.75, 3.05) is 13.6 Å². The average molecular weight is 333 g/mol. The van der Waals surface area contributed by atoms with E-state index in [0.717, 1.165) is 12.0 Å². The van der Waals surface area contributed by atoms with Crippen LogP contribution in [0.5, 0.6) is 0 Å². The second-order valence-electron chi connectivity index (χ2n) is 4.94. The van der Waals surface area contributed by atoms with Gasteiger partial charge in [-0.05, 0) is 24.3 Å². The van der Waals surface area contributed by atoms with E-state index in [1.54, 1.807) is 25.2 Å². The molecule has 118 valence electrons. The van der Waals surface area contributed by atoms with Gasteiger partial charge in [-0.2, -0.15) is 4.98 Å². The van der Waals surface area contributed by atoms with Gasteiger partial charge in [-0.25, -0.2) is 0 Å². The second kappa shape index (κ2) is 6.62. The quantitative estimate of drug-likeness (QED) is 0.645. The molecular formula is C15H13ClN4O3. The number of rotatable bonds is 6. The molecule has 0 fully saturated rings. The fourth-order valence-corrected chi connectivity index (χ4v) is 2.04. The number of hydrogen-bond donors (Lipinski definition) is 0. The Morgan fingerprint density at radius 1 is 1.22 bits per heavy atom. The highest BCUT2D eigenvalue weighted by atomic mass is 35.5. The third-order valence-electron chi connectivity index (χ3n) is 3.19. The van der Waals surface area contributed by atoms with Crippen LogP contribution in [-0.4, -0.2) is 40.2 Å². The van der Waals surface area contributed by atoms with E-state index in [9.17, 15) is 4.79 Å². The number of benzene rings is 1. The number of carbonyl (C=O) groups is 1. The van der Waals surface area contributed by atoms with E-state index >= 15 is 0 Å². The molecule has 0 saturated carbocycles. The lowest BCUT2D eigenvalue weighted by molar-refractivity contribution is -0.116. The van der Waals surface area contributed by atoms with Crippen LogP contribution in [-0.2, 0) is 11.2 Å². The Hall–Kier alpha value is -2.67. The molecule has 1 aromatic carbocycles. The predicted octanol–water partition coefficient (Wildman–Crippen LogP) is 2.68. The lowest BCUT2D eigenvalue weighted by Gasteiger charge is -2.06. The summed E-state index contributed by atoms with van der Waals surface area (Å²) in [4.78, 5) is 16.3. The highest BCUT2D eigenvalue weighted by Crippen LogP contribution is 2.26. The van der Waals surface area contributed by atoms with Crippen LogP contribution in [0.1, 0.15) is 5.82 Å². The van der Waals surface area contributed by atoms with Crippen LogP contribution in [0.3, 0.4) is 0 Å². The number of amides is 1. The van der Waals surface area contributed by atoms with Gasteiger partial charge in [0, 0.05) is 36.7 Å². The summed E-state index contributed by atoms with van der Waals surface area (Å²) in [5.74, 6) is 1.36. The van der Waals surface area contributed by atoms with Crippen molar-refractivity contribution in [3.05, 3.63) is 41.2 Å². The van der Waals surface area contributed by atoms with E-state index in [0.29, 0.717) is 35.3 Å². The number of likely N-dealkylation sites (N-methyl/N-ethyl adjacent to an activating group) is 1. The first-order valence-corrected chi connectivity index (χ1v) is 7.24. The Morgan fingerprint density at radius 2 is 2.00 bits per heavy atom. The summed E-state index contributed by atoms with van der Waals surface area (Å²) in [7, 11) is 1.68. The molecule has 0 atom stereocenters. The average Bonchev–Trinajstić information content (AvgIpc) is 3.22. The summed E-state index contributed by atoms with van der Waals surface area (Å²) < 4.78 is 10.5. The summed E-state index contributed by atoms with van der Waals surface area (Å²) in [6.07, 6.45) is 1.25. The minimum atomic E-state index is 0.276. The van der Waals surface area contributed by atoms with E-state index in [1.807, 2.05) is 12.1 Å². The van der Waals surface area contributed by atoms with Gasteiger partial charge in [-0.1, -0.05) is 21.9 Å². The fraction of sp³-hybridized carbons (Fsp3) is 0.200. The maximum absolute atomic E-state index is 10.5. The van der Waals surface area contributed by atoms with Crippen LogP contribution in [0.25, 0.3) is 22.9 Å². The van der Waals surface area contributed by atoms with Crippen LogP contribution in [0.15, 0.2) is 39.4 Å². The van der Waals surface area contributed by atoms with Crippen molar-refractivity contribution in [2.45, 2.75) is 6.42 Å². The molecule has 0 spiro atoms. The summed E-state index contributed by atoms with van der Waals surface area (Å²) in [5, 5.41) is 8.45. The number of aromatic nitrogens is 3. The van der Waals surface area contributed by atoms with Crippen LogP contribution >= 0.6 is 11.6 Å². The minimum absolute atomic E-state index is 0.276. The van der Waals surface area contributed by atoms with Gasteiger partial charge >= 0.3 is 0 Å². The Labute approximate surface area is 136 Å². The molecule has 7 nitrogen and oxygen atoms in total. The Balaban J connectivity index is 1.74. The van der Waals surface area contributed by atoms with Gasteiger partial charge in [-0.15, -0.1) is 0 Å². The molecule has 0 aliphatic heterocycles. The lowest BCUT2D eigenvalue weighted by Crippen LogP contribution is -2.19. The third-order valence-corrected chi connectivity index (χ3v) is 3.45. The molecule has 0 saturated heterocycles. The van der Waals surface area contributed by atoms with Crippen molar-refractivity contribution in [3.63, 3.8) is 0 Å². The predicted molar refractivity (Wildman–Crippen MR) is 82.6 cm³/mol. The monoisotopic (exact) mass is 332 g/mol. The Morgan fingerprint density at radius 3 is 2.74 bits per heavy atom. The van der Waals surface area contributed by atoms with Crippen molar-refractivity contribution in [1.82, 2.24) is 20.2 Å². The van der Waals surface area contributed by atoms with E-state index in [1.165, 1.54) is 4.90 Å². The van der Waals surface area contributed by atoms with Crippen LogP contribution < -0.4 is 0 Å². The van der Waals surface area contributed by atoms with E-state index in [-0.39, 0.29) is 5.89 Å². The number of halogens is 1. The highest BCUT2D eigenvalue weighted by Gasteiger charge is 2.15. The zero-order valence-electron chi connectivity index (χ0n) is 12.3. The third kappa shape index (κ3) is 3.57. The van der Waals surface area contributed by atoms with E-state index < -0.39 is 0 Å². The fourth-order valence-electron chi connectivity index (χ4n) is 1.91. The summed E-state index contributed by atoms with van der Waals surface area (Å²) in [5.41, 5.74) is 1.30. The number of carbonyl (C=O) groups excluding carboxylic acids is 1. The number of hydrogen-bond acceptors (Lipinski definition) is 6. The second-order valence-corrected chi connectivity index (χ2v) is 5.37. The molecule has 1 amide bonds. The van der Waals surface area contributed by atoms with E-state index in [2.05, 4.69) is 15.3 Å². The van der Waals surface area contributed by atoms with Gasteiger partial charge in [0.15, 0.2) is 17.3 Å². The molecule has 0 N–H and O–H groups in total. The van der Waals surface area contributed by atoms with Crippen molar-refractivity contribution < 1.29 is 13.8 Å². The van der Waals surface area contributed by atoms with Gasteiger partial charge in [0.05, 0.1) is 0 Å². The minimum Gasteiger partial charge on any atom is -0.355 e. The van der Waals surface area contributed by atoms with Gasteiger partial charge in [0.2, 0.25) is 6.41 Å². The molecule has 2 aromatic heterocycles. The zero-order chi connectivity index (χ0) is 16.2. The summed E-state index contributed by atoms with van der Waals surface area (Å²) in [6, 6.07) is 8.93. The smallest absolute Gasteiger partial charge is 0.280 e. The summed E-state index contributed by atoms with van der Waals surface area (Å²) >= 11 is 5.86. The van der Waals surface area contributed by atoms with Crippen molar-refractivity contribution >= 4 is 18.0 Å². The van der Waals surface area contributed by atoms with Crippen LogP contribution in [0.4, 0.5) is 0 Å². The lowest BCUT2D eigenvalue weighted by atomic mass is 10.1. The maximum atomic E-state index is 10.5. The van der Waals surface area contributed by atoms with Gasteiger partial charge < -0.3 is 13.9 Å². The molecule has 2 heterocycles. The number of nitrogens with zero attached hydrogens (tertiary/aromatic N) is 4. The Bertz CT molecular complexity index is 797. The van der Waals surface area contributed by atoms with Crippen LogP contribution in [0.2, 0.25) is 5.02 Å². The molecule has 23 heavy (non-hydrogen) atoms. The van der Waals surface area contributed by atoms with Crippen molar-refractivity contribution in [1.29, 1.82) is 0 Å². The summed E-state index contributed by atoms with van der Waals surface area (Å²) in [6.45, 7) is 0.511. The van der Waals surface area contributed by atoms with Crippen molar-refractivity contribution in [3.8, 4) is 22.9 Å². The SMILES string of the molecule is CN(C=O)CCc1noc(-c2cc(-c3ccc(Cl)cc3)on2)n1. The van der Waals surface area contributed by atoms with Crippen LogP contribution in [0, 0.1) is 0 Å². The normalized spacial score (nSPS) is 10.7.